The Bertz CT molecular complexity index is 1030. The summed E-state index contributed by atoms with van der Waals surface area (Å²) >= 11 is 0. The Morgan fingerprint density at radius 3 is 2.50 bits per heavy atom. The maximum atomic E-state index is 13.5. The smallest absolute Gasteiger partial charge is 0.356 e. The minimum atomic E-state index is -5.16. The van der Waals surface area contributed by atoms with Gasteiger partial charge in [-0.05, 0) is 29.2 Å². The van der Waals surface area contributed by atoms with Crippen molar-refractivity contribution in [3.8, 4) is 0 Å². The van der Waals surface area contributed by atoms with Crippen molar-refractivity contribution in [2.45, 2.75) is 44.9 Å². The van der Waals surface area contributed by atoms with Crippen molar-refractivity contribution < 1.29 is 32.3 Å². The Balaban J connectivity index is 1.49. The third-order valence-corrected chi connectivity index (χ3v) is 7.63. The number of hydrogen-bond acceptors (Lipinski definition) is 5. The summed E-state index contributed by atoms with van der Waals surface area (Å²) in [5.41, 5.74) is 5.70. The van der Waals surface area contributed by atoms with Crippen LogP contribution in [0.25, 0.3) is 0 Å². The number of benzene rings is 1. The fourth-order valence-electron chi connectivity index (χ4n) is 5.48. The largest absolute Gasteiger partial charge is 0.471 e. The molecule has 3 aliphatic rings. The first-order chi connectivity index (χ1) is 16.9. The van der Waals surface area contributed by atoms with Gasteiger partial charge in [-0.3, -0.25) is 24.6 Å². The summed E-state index contributed by atoms with van der Waals surface area (Å²) < 4.78 is 39.1. The number of nitrogens with zero attached hydrogens (tertiary/aromatic N) is 1. The van der Waals surface area contributed by atoms with Gasteiger partial charge in [-0.25, -0.2) is 5.43 Å². The number of halogens is 3. The average Bonchev–Trinajstić information content (AvgIpc) is 3.18. The van der Waals surface area contributed by atoms with E-state index in [0.29, 0.717) is 18.5 Å². The molecule has 3 fully saturated rings. The predicted octanol–water partition coefficient (Wildman–Crippen LogP) is 0.516. The first kappa shape index (κ1) is 25.9. The second-order valence-electron chi connectivity index (χ2n) is 10.2. The second kappa shape index (κ2) is 9.72. The van der Waals surface area contributed by atoms with Crippen LogP contribution in [0.3, 0.4) is 0 Å². The molecule has 2 heterocycles. The van der Waals surface area contributed by atoms with Gasteiger partial charge in [0.2, 0.25) is 11.8 Å². The van der Waals surface area contributed by atoms with E-state index in [-0.39, 0.29) is 48.6 Å². The number of likely N-dealkylation sites (tertiary alicyclic amines) is 1. The zero-order valence-corrected chi connectivity index (χ0v) is 20.0. The van der Waals surface area contributed by atoms with E-state index in [4.69, 9.17) is 0 Å². The quantitative estimate of drug-likeness (QED) is 0.381. The number of alkyl halides is 3. The van der Waals surface area contributed by atoms with Crippen molar-refractivity contribution in [2.24, 2.45) is 23.2 Å². The van der Waals surface area contributed by atoms with Gasteiger partial charge in [0, 0.05) is 26.1 Å². The molecule has 0 aromatic heterocycles. The van der Waals surface area contributed by atoms with Gasteiger partial charge in [-0.2, -0.15) is 13.2 Å². The summed E-state index contributed by atoms with van der Waals surface area (Å²) in [7, 11) is 0. The zero-order chi connectivity index (χ0) is 26.3. The highest BCUT2D eigenvalue weighted by molar-refractivity contribution is 5.94. The molecule has 2 aliphatic heterocycles. The molecule has 12 heteroatoms. The summed E-state index contributed by atoms with van der Waals surface area (Å²) in [4.78, 5) is 51.5. The molecular formula is C24H30F3N5O4. The van der Waals surface area contributed by atoms with Gasteiger partial charge in [-0.1, -0.05) is 44.2 Å². The number of nitrogens with one attached hydrogen (secondary N) is 4. The van der Waals surface area contributed by atoms with Crippen molar-refractivity contribution in [2.75, 3.05) is 19.6 Å². The maximum Gasteiger partial charge on any atom is 0.471 e. The molecule has 4 amide bonds. The molecule has 0 bridgehead atoms. The summed E-state index contributed by atoms with van der Waals surface area (Å²) in [5.74, 6) is -4.01. The maximum absolute atomic E-state index is 13.5. The van der Waals surface area contributed by atoms with Crippen LogP contribution in [0, 0.1) is 23.2 Å². The first-order valence-corrected chi connectivity index (χ1v) is 11.9. The standard InChI is InChI=1S/C24H30F3N5O4/c1-23(2)15-12-32(18(17(15)23)20(34)31-29-11-14-8-9-28-19(14)33)21(35)16(30-22(36)24(25,26)27)10-13-6-4-3-5-7-13/h3-7,14-18,29H,8-12H2,1-2H3,(H,28,33)(H,30,36)(H,31,34)/t14-,15-,16-,17-,18-/m0/s1. The fraction of sp³-hybridized carbons (Fsp3) is 0.583. The second-order valence-corrected chi connectivity index (χ2v) is 10.2. The van der Waals surface area contributed by atoms with E-state index < -0.39 is 36.0 Å². The Morgan fingerprint density at radius 1 is 1.19 bits per heavy atom. The minimum Gasteiger partial charge on any atom is -0.356 e. The number of rotatable bonds is 8. The van der Waals surface area contributed by atoms with Gasteiger partial charge < -0.3 is 15.5 Å². The van der Waals surface area contributed by atoms with Gasteiger partial charge >= 0.3 is 12.1 Å². The van der Waals surface area contributed by atoms with Gasteiger partial charge in [0.05, 0.1) is 5.92 Å². The first-order valence-electron chi connectivity index (χ1n) is 11.9. The molecule has 196 valence electrons. The Kier molecular flexibility index (Phi) is 7.00. The lowest BCUT2D eigenvalue weighted by Crippen LogP contribution is -2.59. The van der Waals surface area contributed by atoms with Gasteiger partial charge in [0.15, 0.2) is 0 Å². The van der Waals surface area contributed by atoms with Crippen LogP contribution in [-0.2, 0) is 25.6 Å². The van der Waals surface area contributed by atoms with E-state index in [0.717, 1.165) is 0 Å². The van der Waals surface area contributed by atoms with Crippen molar-refractivity contribution in [1.29, 1.82) is 0 Å². The molecule has 36 heavy (non-hydrogen) atoms. The summed E-state index contributed by atoms with van der Waals surface area (Å²) in [6, 6.07) is 5.99. The molecule has 1 aromatic carbocycles. The lowest BCUT2D eigenvalue weighted by molar-refractivity contribution is -0.175. The minimum absolute atomic E-state index is 0.00787. The molecule has 2 saturated heterocycles. The van der Waals surface area contributed by atoms with Crippen LogP contribution in [0.4, 0.5) is 13.2 Å². The molecule has 4 N–H and O–H groups in total. The molecule has 1 aromatic rings. The van der Waals surface area contributed by atoms with Crippen molar-refractivity contribution in [3.63, 3.8) is 0 Å². The van der Waals surface area contributed by atoms with Crippen molar-refractivity contribution >= 4 is 23.6 Å². The van der Waals surface area contributed by atoms with E-state index in [1.165, 1.54) is 4.90 Å². The zero-order valence-electron chi connectivity index (χ0n) is 20.0. The summed E-state index contributed by atoms with van der Waals surface area (Å²) in [6.45, 7) is 4.94. The van der Waals surface area contributed by atoms with Crippen molar-refractivity contribution in [3.05, 3.63) is 35.9 Å². The molecule has 1 aliphatic carbocycles. The molecule has 1 saturated carbocycles. The van der Waals surface area contributed by atoms with E-state index in [1.54, 1.807) is 30.3 Å². The number of amides is 4. The molecule has 0 unspecified atom stereocenters. The monoisotopic (exact) mass is 509 g/mol. The van der Waals surface area contributed by atoms with E-state index >= 15 is 0 Å². The molecule has 5 atom stereocenters. The van der Waals surface area contributed by atoms with Crippen molar-refractivity contribution in [1.82, 2.24) is 26.4 Å². The summed E-state index contributed by atoms with van der Waals surface area (Å²) in [6.07, 6.45) is -4.68. The van der Waals surface area contributed by atoms with Gasteiger partial charge in [0.1, 0.15) is 12.1 Å². The van der Waals surface area contributed by atoms with E-state index in [2.05, 4.69) is 16.2 Å². The summed E-state index contributed by atoms with van der Waals surface area (Å²) in [5, 5.41) is 4.54. The lowest BCUT2D eigenvalue weighted by atomic mass is 9.98. The van der Waals surface area contributed by atoms with E-state index in [9.17, 15) is 32.3 Å². The van der Waals surface area contributed by atoms with Crippen LogP contribution in [0.15, 0.2) is 30.3 Å². The lowest BCUT2D eigenvalue weighted by Gasteiger charge is -2.33. The highest BCUT2D eigenvalue weighted by atomic mass is 19.4. The molecule has 0 spiro atoms. The number of carbonyl (C=O) groups excluding carboxylic acids is 4. The topological polar surface area (TPSA) is 120 Å². The van der Waals surface area contributed by atoms with E-state index in [1.807, 2.05) is 19.2 Å². The molecule has 9 nitrogen and oxygen atoms in total. The highest BCUT2D eigenvalue weighted by Crippen LogP contribution is 2.64. The third-order valence-electron chi connectivity index (χ3n) is 7.63. The Hall–Kier alpha value is -3.15. The number of hydrazine groups is 1. The van der Waals surface area contributed by atoms with Crippen LogP contribution in [-0.4, -0.2) is 66.4 Å². The SMILES string of the molecule is CC1(C)[C@@H]2[C@@H](C(=O)NNC[C@@H]3CCNC3=O)N(C(=O)[C@H](Cc3ccccc3)NC(=O)C(F)(F)F)C[C@@H]21. The number of hydrogen-bond donors (Lipinski definition) is 4. The molecule has 0 radical (unpaired) electrons. The van der Waals surface area contributed by atoms with Gasteiger partial charge in [0.25, 0.3) is 5.91 Å². The fourth-order valence-corrected chi connectivity index (χ4v) is 5.48. The number of piperidine rings is 1. The molecular weight excluding hydrogens is 479 g/mol. The highest BCUT2D eigenvalue weighted by Gasteiger charge is 2.69. The average molecular weight is 510 g/mol. The third kappa shape index (κ3) is 5.18. The Morgan fingerprint density at radius 2 is 1.89 bits per heavy atom. The number of fused-ring (bicyclic) bond motifs is 1. The normalized spacial score (nSPS) is 27.1. The number of carbonyl (C=O) groups is 4. The molecule has 4 rings (SSSR count). The van der Waals surface area contributed by atoms with Crippen LogP contribution in [0.5, 0.6) is 0 Å². The van der Waals surface area contributed by atoms with Crippen LogP contribution < -0.4 is 21.5 Å². The predicted molar refractivity (Wildman–Crippen MR) is 122 cm³/mol. The van der Waals surface area contributed by atoms with Crippen LogP contribution >= 0.6 is 0 Å². The van der Waals surface area contributed by atoms with Gasteiger partial charge in [-0.15, -0.1) is 0 Å². The van der Waals surface area contributed by atoms with Crippen LogP contribution in [0.1, 0.15) is 25.8 Å². The Labute approximate surface area is 206 Å². The van der Waals surface area contributed by atoms with Crippen LogP contribution in [0.2, 0.25) is 0 Å².